The van der Waals surface area contributed by atoms with Gasteiger partial charge in [-0.3, -0.25) is 9.88 Å². The SMILES string of the molecule is CC(CN1CCNCC1)Nc1ncnc2c(-c3cccnc3)cccc12. The van der Waals surface area contributed by atoms with Gasteiger partial charge in [0.1, 0.15) is 12.1 Å². The molecule has 1 atom stereocenters. The fraction of sp³-hybridized carbons (Fsp3) is 0.350. The summed E-state index contributed by atoms with van der Waals surface area (Å²) in [5, 5.41) is 8.02. The maximum absolute atomic E-state index is 4.54. The van der Waals surface area contributed by atoms with Crippen molar-refractivity contribution in [3.63, 3.8) is 0 Å². The van der Waals surface area contributed by atoms with Gasteiger partial charge in [-0.05, 0) is 19.1 Å². The Morgan fingerprint density at radius 2 is 2.04 bits per heavy atom. The van der Waals surface area contributed by atoms with Crippen LogP contribution in [-0.2, 0) is 0 Å². The number of nitrogens with zero attached hydrogens (tertiary/aromatic N) is 4. The molecule has 2 N–H and O–H groups in total. The van der Waals surface area contributed by atoms with E-state index in [9.17, 15) is 0 Å². The molecule has 26 heavy (non-hydrogen) atoms. The summed E-state index contributed by atoms with van der Waals surface area (Å²) in [7, 11) is 0. The maximum Gasteiger partial charge on any atom is 0.137 e. The first-order chi connectivity index (χ1) is 12.8. The summed E-state index contributed by atoms with van der Waals surface area (Å²) in [5.74, 6) is 0.892. The third kappa shape index (κ3) is 3.66. The highest BCUT2D eigenvalue weighted by Crippen LogP contribution is 2.29. The average Bonchev–Trinajstić information content (AvgIpc) is 2.69. The number of para-hydroxylation sites is 1. The summed E-state index contributed by atoms with van der Waals surface area (Å²) in [6.07, 6.45) is 5.30. The van der Waals surface area contributed by atoms with E-state index in [2.05, 4.69) is 61.7 Å². The lowest BCUT2D eigenvalue weighted by molar-refractivity contribution is 0.235. The molecule has 0 aliphatic carbocycles. The second-order valence-electron chi connectivity index (χ2n) is 6.76. The zero-order chi connectivity index (χ0) is 17.8. The van der Waals surface area contributed by atoms with Gasteiger partial charge in [-0.25, -0.2) is 9.97 Å². The van der Waals surface area contributed by atoms with Crippen LogP contribution in [0.5, 0.6) is 0 Å². The van der Waals surface area contributed by atoms with E-state index in [1.165, 1.54) is 0 Å². The summed E-state index contributed by atoms with van der Waals surface area (Å²) in [4.78, 5) is 15.8. The van der Waals surface area contributed by atoms with Crippen molar-refractivity contribution in [1.82, 2.24) is 25.2 Å². The molecule has 0 spiro atoms. The van der Waals surface area contributed by atoms with E-state index in [1.807, 2.05) is 12.3 Å². The number of aromatic nitrogens is 3. The normalized spacial score (nSPS) is 16.5. The second kappa shape index (κ2) is 7.76. The van der Waals surface area contributed by atoms with E-state index in [0.717, 1.165) is 60.6 Å². The molecular weight excluding hydrogens is 324 g/mol. The zero-order valence-corrected chi connectivity index (χ0v) is 15.0. The van der Waals surface area contributed by atoms with Crippen molar-refractivity contribution in [2.24, 2.45) is 0 Å². The third-order valence-corrected chi connectivity index (χ3v) is 4.76. The molecule has 3 aromatic rings. The third-order valence-electron chi connectivity index (χ3n) is 4.76. The number of pyridine rings is 1. The molecule has 0 saturated carbocycles. The van der Waals surface area contributed by atoms with Crippen LogP contribution in [0.1, 0.15) is 6.92 Å². The van der Waals surface area contributed by atoms with Crippen LogP contribution in [0.25, 0.3) is 22.0 Å². The molecule has 134 valence electrons. The van der Waals surface area contributed by atoms with Crippen molar-refractivity contribution >= 4 is 16.7 Å². The van der Waals surface area contributed by atoms with Gasteiger partial charge in [0.15, 0.2) is 0 Å². The van der Waals surface area contributed by atoms with Gasteiger partial charge in [0.25, 0.3) is 0 Å². The molecule has 1 aliphatic heterocycles. The molecule has 2 aromatic heterocycles. The topological polar surface area (TPSA) is 66.0 Å². The summed E-state index contributed by atoms with van der Waals surface area (Å²) >= 11 is 0. The predicted molar refractivity (Wildman–Crippen MR) is 105 cm³/mol. The molecule has 6 heteroatoms. The minimum absolute atomic E-state index is 0.313. The van der Waals surface area contributed by atoms with Gasteiger partial charge in [-0.2, -0.15) is 0 Å². The maximum atomic E-state index is 4.54. The van der Waals surface area contributed by atoms with Crippen molar-refractivity contribution in [2.75, 3.05) is 38.0 Å². The van der Waals surface area contributed by atoms with E-state index in [-0.39, 0.29) is 0 Å². The summed E-state index contributed by atoms with van der Waals surface area (Å²) in [5.41, 5.74) is 3.10. The zero-order valence-electron chi connectivity index (χ0n) is 15.0. The fourth-order valence-electron chi connectivity index (χ4n) is 3.52. The van der Waals surface area contributed by atoms with E-state index >= 15 is 0 Å². The smallest absolute Gasteiger partial charge is 0.137 e. The summed E-state index contributed by atoms with van der Waals surface area (Å²) in [6, 6.07) is 10.5. The van der Waals surface area contributed by atoms with Gasteiger partial charge in [0.05, 0.1) is 5.52 Å². The largest absolute Gasteiger partial charge is 0.366 e. The first-order valence-corrected chi connectivity index (χ1v) is 9.15. The Balaban J connectivity index is 1.60. The lowest BCUT2D eigenvalue weighted by Gasteiger charge is -2.30. The van der Waals surface area contributed by atoms with Crippen LogP contribution in [0.4, 0.5) is 5.82 Å². The minimum Gasteiger partial charge on any atom is -0.366 e. The van der Waals surface area contributed by atoms with Crippen molar-refractivity contribution in [1.29, 1.82) is 0 Å². The molecule has 0 radical (unpaired) electrons. The fourth-order valence-corrected chi connectivity index (χ4v) is 3.52. The quantitative estimate of drug-likeness (QED) is 0.738. The van der Waals surface area contributed by atoms with Gasteiger partial charge >= 0.3 is 0 Å². The first-order valence-electron chi connectivity index (χ1n) is 9.15. The number of rotatable bonds is 5. The van der Waals surface area contributed by atoms with E-state index in [4.69, 9.17) is 0 Å². The van der Waals surface area contributed by atoms with Crippen LogP contribution in [0.2, 0.25) is 0 Å². The summed E-state index contributed by atoms with van der Waals surface area (Å²) < 4.78 is 0. The standard InChI is InChI=1S/C20H24N6/c1-15(13-26-10-8-21-9-11-26)25-20-18-6-2-5-17(19(18)23-14-24-20)16-4-3-7-22-12-16/h2-7,12,14-15,21H,8-11,13H2,1H3,(H,23,24,25). The van der Waals surface area contributed by atoms with Gasteiger partial charge in [-0.1, -0.05) is 18.2 Å². The number of piperazine rings is 1. The Morgan fingerprint density at radius 1 is 1.15 bits per heavy atom. The lowest BCUT2D eigenvalue weighted by atomic mass is 10.0. The van der Waals surface area contributed by atoms with E-state index in [0.29, 0.717) is 6.04 Å². The van der Waals surface area contributed by atoms with E-state index in [1.54, 1.807) is 12.5 Å². The van der Waals surface area contributed by atoms with E-state index < -0.39 is 0 Å². The number of nitrogens with one attached hydrogen (secondary N) is 2. The monoisotopic (exact) mass is 348 g/mol. The van der Waals surface area contributed by atoms with Gasteiger partial charge < -0.3 is 10.6 Å². The first kappa shape index (κ1) is 16.9. The Morgan fingerprint density at radius 3 is 2.85 bits per heavy atom. The Kier molecular flexibility index (Phi) is 5.04. The van der Waals surface area contributed by atoms with Gasteiger partial charge in [0.2, 0.25) is 0 Å². The molecule has 4 rings (SSSR count). The molecular formula is C20H24N6. The van der Waals surface area contributed by atoms with Crippen molar-refractivity contribution in [3.05, 3.63) is 49.1 Å². The van der Waals surface area contributed by atoms with Gasteiger partial charge in [-0.15, -0.1) is 0 Å². The average molecular weight is 348 g/mol. The van der Waals surface area contributed by atoms with Crippen LogP contribution >= 0.6 is 0 Å². The Labute approximate surface area is 153 Å². The van der Waals surface area contributed by atoms with Gasteiger partial charge in [0, 0.05) is 67.7 Å². The van der Waals surface area contributed by atoms with Crippen molar-refractivity contribution in [3.8, 4) is 11.1 Å². The highest BCUT2D eigenvalue weighted by molar-refractivity contribution is 5.98. The molecule has 6 nitrogen and oxygen atoms in total. The highest BCUT2D eigenvalue weighted by atomic mass is 15.2. The number of fused-ring (bicyclic) bond motifs is 1. The molecule has 3 heterocycles. The van der Waals surface area contributed by atoms with Crippen molar-refractivity contribution < 1.29 is 0 Å². The molecule has 1 fully saturated rings. The predicted octanol–water partition coefficient (Wildman–Crippen LogP) is 2.40. The Bertz CT molecular complexity index is 861. The highest BCUT2D eigenvalue weighted by Gasteiger charge is 2.15. The lowest BCUT2D eigenvalue weighted by Crippen LogP contribution is -2.47. The van der Waals surface area contributed by atoms with Crippen LogP contribution in [-0.4, -0.2) is 58.6 Å². The molecule has 1 saturated heterocycles. The number of hydrogen-bond donors (Lipinski definition) is 2. The molecule has 1 aromatic carbocycles. The minimum atomic E-state index is 0.313. The molecule has 0 bridgehead atoms. The van der Waals surface area contributed by atoms with Crippen LogP contribution in [0, 0.1) is 0 Å². The molecule has 0 amide bonds. The second-order valence-corrected chi connectivity index (χ2v) is 6.76. The molecule has 1 unspecified atom stereocenters. The number of anilines is 1. The molecule has 1 aliphatic rings. The van der Waals surface area contributed by atoms with Crippen molar-refractivity contribution in [2.45, 2.75) is 13.0 Å². The van der Waals surface area contributed by atoms with Crippen LogP contribution in [0.15, 0.2) is 49.1 Å². The van der Waals surface area contributed by atoms with Crippen LogP contribution in [0.3, 0.4) is 0 Å². The van der Waals surface area contributed by atoms with Crippen LogP contribution < -0.4 is 10.6 Å². The summed E-state index contributed by atoms with van der Waals surface area (Å²) in [6.45, 7) is 7.55. The Hall–Kier alpha value is -2.57. The number of hydrogen-bond acceptors (Lipinski definition) is 6. The number of benzene rings is 1.